The number of hydrogen-bond acceptors (Lipinski definition) is 10. The molecule has 16 nitrogen and oxygen atoms in total. The molecule has 0 bridgehead atoms. The van der Waals surface area contributed by atoms with Gasteiger partial charge in [-0.2, -0.15) is 0 Å². The summed E-state index contributed by atoms with van der Waals surface area (Å²) in [6.45, 7) is 0. The molecule has 0 aliphatic rings. The van der Waals surface area contributed by atoms with Crippen molar-refractivity contribution in [1.29, 1.82) is 0 Å². The Bertz CT molecular complexity index is 800. The summed E-state index contributed by atoms with van der Waals surface area (Å²) in [7, 11) is 0. The second kappa shape index (κ2) is 22.7. The molecule has 0 fully saturated rings. The van der Waals surface area contributed by atoms with Crippen LogP contribution in [0.5, 0.6) is 0 Å². The second-order valence-corrected chi connectivity index (χ2v) is 6.06. The largest absolute Gasteiger partial charge is 1.00 e. The molecule has 0 heterocycles. The van der Waals surface area contributed by atoms with Crippen molar-refractivity contribution in [2.75, 3.05) is 0 Å². The second-order valence-electron chi connectivity index (χ2n) is 6.06. The number of carboxylic acid groups (broad SMARTS) is 6. The summed E-state index contributed by atoms with van der Waals surface area (Å²) in [5.74, 6) is -15.2. The molecule has 0 aromatic carbocycles. The number of rotatable bonds is 14. The maximum Gasteiger partial charge on any atom is 1.00 e. The van der Waals surface area contributed by atoms with E-state index in [9.17, 15) is 38.4 Å². The van der Waals surface area contributed by atoms with E-state index in [4.69, 9.17) is 30.6 Å². The van der Waals surface area contributed by atoms with Gasteiger partial charge >= 0.3 is 253 Å². The number of hydrogen-bond donors (Lipinski definition) is 6. The van der Waals surface area contributed by atoms with Gasteiger partial charge in [0.1, 0.15) is 0 Å². The summed E-state index contributed by atoms with van der Waals surface area (Å²) < 4.78 is 8.76. The van der Waals surface area contributed by atoms with Gasteiger partial charge in [0, 0.05) is 12.2 Å². The van der Waals surface area contributed by atoms with E-state index in [1.807, 2.05) is 0 Å². The normalized spacial score (nSPS) is 10.1. The zero-order valence-electron chi connectivity index (χ0n) is 23.7. The number of carbonyl (C=O) groups is 8. The van der Waals surface area contributed by atoms with Gasteiger partial charge in [-0.05, 0) is 0 Å². The Hall–Kier alpha value is 2.05. The van der Waals surface area contributed by atoms with Gasteiger partial charge in [-0.3, -0.25) is 19.2 Å². The summed E-state index contributed by atoms with van der Waals surface area (Å²) in [6, 6.07) is 0. The van der Waals surface area contributed by atoms with Crippen molar-refractivity contribution in [3.63, 3.8) is 0 Å². The third kappa shape index (κ3) is 18.4. The van der Waals surface area contributed by atoms with Crippen LogP contribution in [0.1, 0.15) is 31.4 Å². The Morgan fingerprint density at radius 1 is 0.500 bits per heavy atom. The van der Waals surface area contributed by atoms with Gasteiger partial charge in [-0.1, -0.05) is 0 Å². The molecule has 0 aliphatic carbocycles. The van der Waals surface area contributed by atoms with Gasteiger partial charge in [0.05, 0.1) is 25.7 Å². The number of esters is 2. The third-order valence-electron chi connectivity index (χ3n) is 3.47. The molecular weight excluding hydrogens is 605 g/mol. The van der Waals surface area contributed by atoms with Crippen molar-refractivity contribution in [2.45, 2.75) is 36.9 Å². The molecule has 0 spiro atoms. The van der Waals surface area contributed by atoms with Gasteiger partial charge in [0.2, 0.25) is 11.2 Å². The molecule has 0 unspecified atom stereocenters. The van der Waals surface area contributed by atoms with Crippen LogP contribution in [0.15, 0.2) is 12.2 Å². The van der Waals surface area contributed by atoms with Crippen molar-refractivity contribution >= 4 is 47.8 Å². The van der Waals surface area contributed by atoms with E-state index in [0.29, 0.717) is 0 Å². The molecule has 184 valence electrons. The molecule has 0 amide bonds. The molecule has 20 heteroatoms. The van der Waals surface area contributed by atoms with Gasteiger partial charge in [-0.25, -0.2) is 19.2 Å². The van der Waals surface area contributed by atoms with Crippen LogP contribution in [0.25, 0.3) is 0 Å². The summed E-state index contributed by atoms with van der Waals surface area (Å²) in [4.78, 5) is 89.7. The Morgan fingerprint density at radius 2 is 0.694 bits per heavy atom. The summed E-state index contributed by atoms with van der Waals surface area (Å²) >= 11 is 0. The van der Waals surface area contributed by atoms with Crippen LogP contribution in [-0.4, -0.2) is 89.6 Å². The van der Waals surface area contributed by atoms with Crippen LogP contribution in [0.3, 0.4) is 0 Å². The Labute approximate surface area is 377 Å². The Balaban J connectivity index is -0.000000172. The van der Waals surface area contributed by atoms with E-state index in [-0.39, 0.29) is 223 Å². The van der Waals surface area contributed by atoms with Crippen molar-refractivity contribution in [1.82, 2.24) is 0 Å². The molecule has 0 aliphatic heterocycles. The summed E-state index contributed by atoms with van der Waals surface area (Å²) in [6.07, 6.45) is -5.68. The quantitative estimate of drug-likeness (QED) is 0.0594. The SMILES string of the molecule is O=C(O)CC(CC(=O)O)(OC(=O)/C=C/C(=O)OC(CC(=O)O)(CC(=O)O)C(=O)O)C(=O)O.[H-].[H-].[H-].[H-].[K+].[K+].[K+].[K+]. The fourth-order valence-corrected chi connectivity index (χ4v) is 2.23. The summed E-state index contributed by atoms with van der Waals surface area (Å²) in [5, 5.41) is 53.4. The Kier molecular flexibility index (Phi) is 30.2. The third-order valence-corrected chi connectivity index (χ3v) is 3.47. The zero-order chi connectivity index (χ0) is 25.3. The number of aliphatic carboxylic acids is 6. The predicted molar refractivity (Wildman–Crippen MR) is 95.5 cm³/mol. The van der Waals surface area contributed by atoms with E-state index in [0.717, 1.165) is 0 Å². The molecule has 36 heavy (non-hydrogen) atoms. The van der Waals surface area contributed by atoms with Crippen LogP contribution in [-0.2, 0) is 47.8 Å². The predicted octanol–water partition coefficient (Wildman–Crippen LogP) is -13.4. The molecule has 0 aromatic heterocycles. The average molecular weight is 625 g/mol. The van der Waals surface area contributed by atoms with E-state index in [1.54, 1.807) is 0 Å². The molecule has 0 rings (SSSR count). The van der Waals surface area contributed by atoms with Crippen LogP contribution >= 0.6 is 0 Å². The van der Waals surface area contributed by atoms with Crippen molar-refractivity contribution in [3.8, 4) is 0 Å². The van der Waals surface area contributed by atoms with Gasteiger partial charge in [-0.15, -0.1) is 0 Å². The molecule has 0 aromatic rings. The van der Waals surface area contributed by atoms with E-state index >= 15 is 0 Å². The van der Waals surface area contributed by atoms with E-state index in [2.05, 4.69) is 9.47 Å². The molecular formula is C16H20K4O16. The van der Waals surface area contributed by atoms with E-state index in [1.165, 1.54) is 0 Å². The monoisotopic (exact) mass is 624 g/mol. The molecule has 0 radical (unpaired) electrons. The standard InChI is InChI=1S/C16H16O16.4K.4H/c17-7(18)3-15(13(27)28,4-8(19)20)31-11(25)1-2-12(26)32-16(14(29)30,5-9(21)22)6-10(23)24;;;;;;;;/h1-2H,3-6H2,(H,17,18)(H,19,20)(H,21,22)(H,23,24)(H,27,28)(H,29,30);;;;;;;;/q;4*+1;4*-1/b2-1+;;;;;;;;. The van der Waals surface area contributed by atoms with Crippen LogP contribution < -0.4 is 206 Å². The van der Waals surface area contributed by atoms with Gasteiger partial charge < -0.3 is 45.8 Å². The fourth-order valence-electron chi connectivity index (χ4n) is 2.23. The number of carbonyl (C=O) groups excluding carboxylic acids is 2. The Morgan fingerprint density at radius 3 is 0.833 bits per heavy atom. The van der Waals surface area contributed by atoms with Gasteiger partial charge in [0.25, 0.3) is 0 Å². The topological polar surface area (TPSA) is 276 Å². The van der Waals surface area contributed by atoms with Crippen LogP contribution in [0.2, 0.25) is 0 Å². The first-order chi connectivity index (χ1) is 14.5. The van der Waals surface area contributed by atoms with E-state index < -0.39 is 84.6 Å². The first-order valence-electron chi connectivity index (χ1n) is 8.03. The number of carboxylic acids is 6. The molecule has 0 saturated heterocycles. The first kappa shape index (κ1) is 47.8. The van der Waals surface area contributed by atoms with Crippen molar-refractivity contribution < 1.29 is 290 Å². The van der Waals surface area contributed by atoms with Gasteiger partial charge in [0.15, 0.2) is 0 Å². The van der Waals surface area contributed by atoms with Crippen LogP contribution in [0, 0.1) is 0 Å². The van der Waals surface area contributed by atoms with Crippen molar-refractivity contribution in [3.05, 3.63) is 12.2 Å². The maximum atomic E-state index is 11.8. The average Bonchev–Trinajstić information content (AvgIpc) is 2.57. The smallest absolute Gasteiger partial charge is 1.00 e. The van der Waals surface area contributed by atoms with Crippen molar-refractivity contribution in [2.24, 2.45) is 0 Å². The molecule has 0 saturated carbocycles. The van der Waals surface area contributed by atoms with Crippen LogP contribution in [0.4, 0.5) is 0 Å². The number of ether oxygens (including phenoxy) is 2. The zero-order valence-corrected chi connectivity index (χ0v) is 32.2. The first-order valence-corrected chi connectivity index (χ1v) is 8.03. The minimum atomic E-state index is -3.07. The minimum Gasteiger partial charge on any atom is -1.00 e. The maximum absolute atomic E-state index is 11.8. The fraction of sp³-hybridized carbons (Fsp3) is 0.375. The minimum absolute atomic E-state index is 0. The summed E-state index contributed by atoms with van der Waals surface area (Å²) in [5.41, 5.74) is -6.14. The molecule has 6 N–H and O–H groups in total. The molecule has 0 atom stereocenters.